The molecule has 3 heterocycles. The molecule has 21 nitrogen and oxygen atoms in total. The number of pyridine rings is 1. The van der Waals surface area contributed by atoms with Crippen LogP contribution in [-0.4, -0.2) is 146 Å². The van der Waals surface area contributed by atoms with E-state index in [0.717, 1.165) is 40.5 Å². The molecular formula is C60H76F2N12O9. The van der Waals surface area contributed by atoms with Gasteiger partial charge in [0.05, 0.1) is 63.5 Å². The van der Waals surface area contributed by atoms with Crippen LogP contribution in [0, 0.1) is 28.4 Å². The third kappa shape index (κ3) is 19.8. The minimum Gasteiger partial charge on any atom is -0.379 e. The van der Waals surface area contributed by atoms with Crippen molar-refractivity contribution in [2.75, 3.05) is 77.0 Å². The van der Waals surface area contributed by atoms with Gasteiger partial charge in [0.15, 0.2) is 0 Å². The van der Waals surface area contributed by atoms with Crippen LogP contribution in [0.4, 0.5) is 20.3 Å². The van der Waals surface area contributed by atoms with Gasteiger partial charge in [0, 0.05) is 68.6 Å². The number of rotatable bonds is 31. The number of halogens is 2. The van der Waals surface area contributed by atoms with E-state index in [1.807, 2.05) is 54.7 Å². The Labute approximate surface area is 483 Å². The summed E-state index contributed by atoms with van der Waals surface area (Å²) < 4.78 is 47.6. The maximum absolute atomic E-state index is 14.5. The van der Waals surface area contributed by atoms with Crippen LogP contribution in [0.2, 0.25) is 0 Å². The molecule has 1 aliphatic rings. The van der Waals surface area contributed by atoms with Gasteiger partial charge in [0.2, 0.25) is 35.4 Å². The molecule has 444 valence electrons. The molecule has 83 heavy (non-hydrogen) atoms. The van der Waals surface area contributed by atoms with Crippen LogP contribution in [0.1, 0.15) is 89.0 Å². The highest BCUT2D eigenvalue weighted by Crippen LogP contribution is 2.29. The number of likely N-dealkylation sites (N-methyl/N-ethyl adjacent to an activating group) is 1. The van der Waals surface area contributed by atoms with Crippen molar-refractivity contribution < 1.29 is 51.8 Å². The molecule has 1 fully saturated rings. The lowest BCUT2D eigenvalue weighted by Gasteiger charge is -2.36. The van der Waals surface area contributed by atoms with Crippen molar-refractivity contribution in [2.45, 2.75) is 103 Å². The Balaban J connectivity index is 0.820. The van der Waals surface area contributed by atoms with Crippen LogP contribution < -0.4 is 37.2 Å². The van der Waals surface area contributed by atoms with E-state index in [9.17, 15) is 37.5 Å². The Morgan fingerprint density at radius 2 is 1.46 bits per heavy atom. The lowest BCUT2D eigenvalue weighted by molar-refractivity contribution is -0.143. The fourth-order valence-corrected chi connectivity index (χ4v) is 9.01. The maximum Gasteiger partial charge on any atom is 0.247 e. The molecule has 0 saturated carbocycles. The van der Waals surface area contributed by atoms with Crippen LogP contribution in [0.3, 0.4) is 0 Å². The lowest BCUT2D eigenvalue weighted by Crippen LogP contribution is -2.59. The molecule has 23 heteroatoms. The first-order valence-corrected chi connectivity index (χ1v) is 27.8. The first-order chi connectivity index (χ1) is 39.8. The third-order valence-corrected chi connectivity index (χ3v) is 13.9. The topological polar surface area (TPSA) is 272 Å². The Morgan fingerprint density at radius 3 is 2.11 bits per heavy atom. The highest BCUT2D eigenvalue weighted by molar-refractivity contribution is 6.00. The number of carbonyl (C=O) groups excluding carboxylic acids is 6. The van der Waals surface area contributed by atoms with E-state index in [-0.39, 0.29) is 76.8 Å². The number of benzene rings is 3. The molecule has 6 amide bonds. The quantitative estimate of drug-likeness (QED) is 0.0275. The number of ether oxygens (including phenoxy) is 3. The van der Waals surface area contributed by atoms with E-state index < -0.39 is 76.6 Å². The molecule has 0 bridgehead atoms. The van der Waals surface area contributed by atoms with Crippen molar-refractivity contribution in [3.8, 4) is 17.2 Å². The van der Waals surface area contributed by atoms with Gasteiger partial charge in [-0.2, -0.15) is 10.4 Å². The summed E-state index contributed by atoms with van der Waals surface area (Å²) in [7, 11) is 1.60. The monoisotopic (exact) mass is 1150 g/mol. The summed E-state index contributed by atoms with van der Waals surface area (Å²) in [6.45, 7) is 11.6. The minimum atomic E-state index is -1.23. The van der Waals surface area contributed by atoms with Crippen molar-refractivity contribution in [1.29, 1.82) is 5.26 Å². The summed E-state index contributed by atoms with van der Waals surface area (Å²) in [4.78, 5) is 85.5. The van der Waals surface area contributed by atoms with Crippen molar-refractivity contribution in [3.05, 3.63) is 132 Å². The molecule has 1 aliphatic heterocycles. The second-order valence-corrected chi connectivity index (χ2v) is 21.3. The van der Waals surface area contributed by atoms with Gasteiger partial charge in [-0.3, -0.25) is 33.4 Å². The number of nitrogens with zero attached hydrogens (tertiary/aromatic N) is 5. The average molecular weight is 1150 g/mol. The molecule has 0 radical (unpaired) electrons. The molecular weight excluding hydrogens is 1070 g/mol. The Bertz CT molecular complexity index is 2950. The van der Waals surface area contributed by atoms with Crippen molar-refractivity contribution in [2.24, 2.45) is 5.41 Å². The zero-order valence-corrected chi connectivity index (χ0v) is 47.8. The Hall–Kier alpha value is -8.01. The van der Waals surface area contributed by atoms with Crippen molar-refractivity contribution in [3.63, 3.8) is 0 Å². The molecule has 1 saturated heterocycles. The van der Waals surface area contributed by atoms with Gasteiger partial charge >= 0.3 is 0 Å². The first kappa shape index (κ1) is 64.2. The molecule has 0 spiro atoms. The van der Waals surface area contributed by atoms with Crippen LogP contribution in [0.25, 0.3) is 11.1 Å². The number of aromatic nitrogens is 3. The number of hydrogen-bond donors (Lipinski definition) is 7. The number of para-hydroxylation sites is 1. The van der Waals surface area contributed by atoms with E-state index in [4.69, 9.17) is 19.5 Å². The first-order valence-electron chi connectivity index (χ1n) is 27.8. The summed E-state index contributed by atoms with van der Waals surface area (Å²) in [6.07, 6.45) is 6.03. The number of nitriles is 1. The van der Waals surface area contributed by atoms with E-state index in [1.54, 1.807) is 70.0 Å². The van der Waals surface area contributed by atoms with Gasteiger partial charge in [-0.25, -0.2) is 13.8 Å². The highest BCUT2D eigenvalue weighted by atomic mass is 19.1. The molecule has 0 unspecified atom stereocenters. The predicted molar refractivity (Wildman–Crippen MR) is 307 cm³/mol. The lowest BCUT2D eigenvalue weighted by atomic mass is 9.85. The van der Waals surface area contributed by atoms with Crippen molar-refractivity contribution in [1.82, 2.24) is 46.2 Å². The highest BCUT2D eigenvalue weighted by Gasteiger charge is 2.46. The summed E-state index contributed by atoms with van der Waals surface area (Å²) in [5.41, 5.74) is 2.64. The summed E-state index contributed by atoms with van der Waals surface area (Å²) in [6, 6.07) is 21.5. The smallest absolute Gasteiger partial charge is 0.247 e. The number of anilines is 2. The van der Waals surface area contributed by atoms with E-state index >= 15 is 0 Å². The average Bonchev–Trinajstić information content (AvgIpc) is 4.38. The SMILES string of the molecule is CN[C@@H](C)C(=O)N[C@H](C(=O)N1C[C@@H](NC(=O)CCOCCOCCOCCNC(=O)CCCn2cc(-c3ccc(NC(=O)[C@H](NC[C@@H](C)c4ccc(C#N)cc4)c4ccccc4)nc3)cn2)C[C@H]1C(=O)Nc1c(F)cccc1F)C(C)(C)C. The van der Waals surface area contributed by atoms with Gasteiger partial charge in [0.25, 0.3) is 0 Å². The van der Waals surface area contributed by atoms with Gasteiger partial charge in [-0.05, 0) is 85.7 Å². The van der Waals surface area contributed by atoms with E-state index in [1.165, 1.54) is 4.90 Å². The third-order valence-electron chi connectivity index (χ3n) is 13.9. The predicted octanol–water partition coefficient (Wildman–Crippen LogP) is 5.37. The number of hydrogen-bond acceptors (Lipinski definition) is 14. The summed E-state index contributed by atoms with van der Waals surface area (Å²) in [5.74, 6) is -4.18. The number of nitrogens with one attached hydrogen (secondary N) is 7. The van der Waals surface area contributed by atoms with Gasteiger partial charge < -0.3 is 56.3 Å². The number of amides is 6. The summed E-state index contributed by atoms with van der Waals surface area (Å²) in [5, 5.41) is 33.5. The summed E-state index contributed by atoms with van der Waals surface area (Å²) >= 11 is 0. The van der Waals surface area contributed by atoms with Crippen LogP contribution in [-0.2, 0) is 49.5 Å². The van der Waals surface area contributed by atoms with Gasteiger partial charge in [0.1, 0.15) is 41.3 Å². The molecule has 7 N–H and O–H groups in total. The molecule has 0 aliphatic carbocycles. The second kappa shape index (κ2) is 32.0. The Kier molecular flexibility index (Phi) is 24.7. The minimum absolute atomic E-state index is 0.0395. The number of aryl methyl sites for hydroxylation is 1. The van der Waals surface area contributed by atoms with E-state index in [2.05, 4.69) is 60.3 Å². The molecule has 6 rings (SSSR count). The van der Waals surface area contributed by atoms with Crippen LogP contribution >= 0.6 is 0 Å². The zero-order valence-electron chi connectivity index (χ0n) is 47.8. The largest absolute Gasteiger partial charge is 0.379 e. The molecule has 6 atom stereocenters. The fourth-order valence-electron chi connectivity index (χ4n) is 9.01. The van der Waals surface area contributed by atoms with Crippen LogP contribution in [0.15, 0.2) is 104 Å². The molecule has 5 aromatic rings. The standard InChI is InChI=1S/C60H76F2N12O9/c1-39(42-19-17-41(33-63)18-20-42)34-67-53(43-12-8-7-9-13-43)58(79)70-50-22-21-44(35-66-50)45-36-68-73(37-45)25-11-16-51(75)65-24-27-82-29-31-83-30-28-81-26-23-52(76)69-46-32-49(57(78)71-54-47(61)14-10-15-48(54)62)74(38-46)59(80)55(60(3,4)5)72-56(77)40(2)64-6/h7-10,12-15,17-22,35-37,39-40,46,49,53,55,64,67H,11,16,23-32,34,38H2,1-6H3,(H,65,75)(H,69,76)(H,71,78)(H,72,77)(H,66,70,79)/t39-,40+,46+,49+,53-,55-/m1/s1. The van der Waals surface area contributed by atoms with Gasteiger partial charge in [-0.15, -0.1) is 0 Å². The molecule has 2 aromatic heterocycles. The number of likely N-dealkylation sites (tertiary alicyclic amines) is 1. The molecule has 3 aromatic carbocycles. The second-order valence-electron chi connectivity index (χ2n) is 21.3. The van der Waals surface area contributed by atoms with Crippen molar-refractivity contribution >= 4 is 46.9 Å². The van der Waals surface area contributed by atoms with Crippen LogP contribution in [0.5, 0.6) is 0 Å². The number of carbonyl (C=O) groups is 6. The Morgan fingerprint density at radius 1 is 0.771 bits per heavy atom. The maximum atomic E-state index is 14.5. The zero-order chi connectivity index (χ0) is 59.9. The van der Waals surface area contributed by atoms with Gasteiger partial charge in [-0.1, -0.05) is 76.2 Å². The fraction of sp³-hybridized carbons (Fsp3) is 0.450. The normalized spacial score (nSPS) is 15.5. The van der Waals surface area contributed by atoms with E-state index in [0.29, 0.717) is 43.9 Å².